The van der Waals surface area contributed by atoms with Crippen molar-refractivity contribution in [2.45, 2.75) is 19.3 Å². The van der Waals surface area contributed by atoms with Crippen LogP contribution < -0.4 is 0 Å². The lowest BCUT2D eigenvalue weighted by molar-refractivity contribution is 0.479. The number of phenols is 1. The van der Waals surface area contributed by atoms with E-state index in [-0.39, 0.29) is 11.2 Å². The van der Waals surface area contributed by atoms with E-state index in [0.29, 0.717) is 11.4 Å². The molecular weight excluding hydrogens is 887 g/mol. The molecule has 0 bridgehead atoms. The number of imidazole rings is 1. The molecule has 12 rings (SSSR count). The summed E-state index contributed by atoms with van der Waals surface area (Å²) in [4.78, 5) is 10.8. The molecule has 0 spiro atoms. The van der Waals surface area contributed by atoms with E-state index in [1.54, 1.807) is 0 Å². The highest BCUT2D eigenvalue weighted by Gasteiger charge is 2.28. The molecule has 4 nitrogen and oxygen atoms in total. The van der Waals surface area contributed by atoms with Crippen molar-refractivity contribution in [3.05, 3.63) is 278 Å². The van der Waals surface area contributed by atoms with E-state index < -0.39 is 0 Å². The van der Waals surface area contributed by atoms with Crippen molar-refractivity contribution >= 4 is 11.0 Å². The van der Waals surface area contributed by atoms with Gasteiger partial charge < -0.3 is 5.11 Å². The Morgan fingerprint density at radius 2 is 0.836 bits per heavy atom. The molecule has 0 saturated heterocycles. The molecule has 0 aliphatic rings. The molecule has 0 aliphatic heterocycles. The third kappa shape index (κ3) is 8.49. The molecule has 1 N–H and O–H groups in total. The van der Waals surface area contributed by atoms with E-state index >= 15 is 0 Å². The van der Waals surface area contributed by atoms with E-state index in [9.17, 15) is 5.11 Å². The second kappa shape index (κ2) is 19.1. The van der Waals surface area contributed by atoms with Crippen LogP contribution in [0.15, 0.2) is 267 Å². The first-order valence-corrected chi connectivity index (χ1v) is 24.9. The Morgan fingerprint density at radius 1 is 0.356 bits per heavy atom. The second-order valence-electron chi connectivity index (χ2n) is 19.1. The smallest absolute Gasteiger partial charge is 0.149 e. The normalized spacial score (nSPS) is 11.5. The van der Waals surface area contributed by atoms with Gasteiger partial charge in [0.1, 0.15) is 11.6 Å². The minimum absolute atomic E-state index is 0.161. The largest absolute Gasteiger partial charge is 0.507 e. The minimum atomic E-state index is -0.374. The lowest BCUT2D eigenvalue weighted by atomic mass is 9.76. The Kier molecular flexibility index (Phi) is 11.7. The number of phenolic OH excluding ortho intramolecular Hbond substituents is 1. The van der Waals surface area contributed by atoms with Gasteiger partial charge in [0, 0.05) is 39.4 Å². The predicted molar refractivity (Wildman–Crippen MR) is 303 cm³/mol. The highest BCUT2D eigenvalue weighted by Crippen LogP contribution is 2.47. The number of benzene rings is 10. The van der Waals surface area contributed by atoms with Gasteiger partial charge in [0.15, 0.2) is 0 Å². The first-order chi connectivity index (χ1) is 35.9. The topological polar surface area (TPSA) is 50.9 Å². The summed E-state index contributed by atoms with van der Waals surface area (Å²) in [5, 5.41) is 12.7. The van der Waals surface area contributed by atoms with E-state index in [2.05, 4.69) is 225 Å². The average molecular weight is 938 g/mol. The Bertz CT molecular complexity index is 3850. The SMILES string of the molecule is CC(C)(c1ccccc1)c1cc(-c2cc(-c3ccccc3)ccn2)cc(-c2cccc3c2nc(-c2cccc(-c4ccccc4)c2O)n3-c2c(-c3ccccc3)cc(-c3ccccc3)cc2-c2ccccc2)c1. The van der Waals surface area contributed by atoms with Crippen molar-refractivity contribution in [1.29, 1.82) is 0 Å². The molecule has 0 saturated carbocycles. The van der Waals surface area contributed by atoms with E-state index in [0.717, 1.165) is 100 Å². The number of aromatic hydroxyl groups is 1. The summed E-state index contributed by atoms with van der Waals surface area (Å²) in [5.41, 5.74) is 19.4. The molecule has 2 aromatic heterocycles. The van der Waals surface area contributed by atoms with Crippen molar-refractivity contribution < 1.29 is 5.11 Å². The van der Waals surface area contributed by atoms with Crippen LogP contribution in [-0.4, -0.2) is 19.6 Å². The van der Waals surface area contributed by atoms with Crippen LogP contribution in [0.25, 0.3) is 106 Å². The first-order valence-electron chi connectivity index (χ1n) is 24.9. The Labute approximate surface area is 426 Å². The molecule has 2 heterocycles. The maximum absolute atomic E-state index is 12.7. The third-order valence-electron chi connectivity index (χ3n) is 14.3. The zero-order valence-electron chi connectivity index (χ0n) is 40.7. The monoisotopic (exact) mass is 937 g/mol. The summed E-state index contributed by atoms with van der Waals surface area (Å²) in [7, 11) is 0. The van der Waals surface area contributed by atoms with Crippen LogP contribution in [0.1, 0.15) is 25.0 Å². The van der Waals surface area contributed by atoms with Gasteiger partial charge >= 0.3 is 0 Å². The highest BCUT2D eigenvalue weighted by molar-refractivity contribution is 6.01. The van der Waals surface area contributed by atoms with Crippen LogP contribution in [0.4, 0.5) is 0 Å². The molecule has 0 aliphatic carbocycles. The van der Waals surface area contributed by atoms with Crippen molar-refractivity contribution in [3.63, 3.8) is 0 Å². The third-order valence-corrected chi connectivity index (χ3v) is 14.3. The maximum Gasteiger partial charge on any atom is 0.149 e. The molecular formula is C69H51N3O. The highest BCUT2D eigenvalue weighted by atomic mass is 16.3. The van der Waals surface area contributed by atoms with Crippen LogP contribution in [0, 0.1) is 0 Å². The average Bonchev–Trinajstić information content (AvgIpc) is 3.85. The first kappa shape index (κ1) is 44.8. The number of nitrogens with zero attached hydrogens (tertiary/aromatic N) is 3. The predicted octanol–water partition coefficient (Wildman–Crippen LogP) is 17.8. The van der Waals surface area contributed by atoms with E-state index in [1.807, 2.05) is 60.8 Å². The fourth-order valence-electron chi connectivity index (χ4n) is 10.4. The van der Waals surface area contributed by atoms with Crippen molar-refractivity contribution in [3.8, 4) is 101 Å². The van der Waals surface area contributed by atoms with Crippen LogP contribution in [-0.2, 0) is 5.41 Å². The van der Waals surface area contributed by atoms with Crippen LogP contribution >= 0.6 is 0 Å². The van der Waals surface area contributed by atoms with E-state index in [4.69, 9.17) is 9.97 Å². The Hall–Kier alpha value is -9.38. The van der Waals surface area contributed by atoms with Crippen molar-refractivity contribution in [2.75, 3.05) is 0 Å². The van der Waals surface area contributed by atoms with Crippen molar-refractivity contribution in [2.24, 2.45) is 0 Å². The number of fused-ring (bicyclic) bond motifs is 1. The second-order valence-corrected chi connectivity index (χ2v) is 19.1. The van der Waals surface area contributed by atoms with Crippen LogP contribution in [0.3, 0.4) is 0 Å². The van der Waals surface area contributed by atoms with Gasteiger partial charge in [-0.25, -0.2) is 4.98 Å². The molecule has 12 aromatic rings. The van der Waals surface area contributed by atoms with E-state index in [1.165, 1.54) is 5.56 Å². The molecule has 0 fully saturated rings. The minimum Gasteiger partial charge on any atom is -0.507 e. The van der Waals surface area contributed by atoms with Crippen LogP contribution in [0.2, 0.25) is 0 Å². The Morgan fingerprint density at radius 3 is 1.42 bits per heavy atom. The molecule has 73 heavy (non-hydrogen) atoms. The van der Waals surface area contributed by atoms with Gasteiger partial charge in [0.2, 0.25) is 0 Å². The molecule has 0 unspecified atom stereocenters. The van der Waals surface area contributed by atoms with Gasteiger partial charge in [-0.15, -0.1) is 0 Å². The van der Waals surface area contributed by atoms with Crippen LogP contribution in [0.5, 0.6) is 5.75 Å². The fraction of sp³-hybridized carbons (Fsp3) is 0.0435. The Balaban J connectivity index is 1.18. The fourth-order valence-corrected chi connectivity index (χ4v) is 10.4. The molecule has 0 radical (unpaired) electrons. The standard InChI is InChI=1S/C69H51N3O/c1-69(2,56-33-19-8-20-34-56)57-42-54(41-55(43-57)63-46-52(39-40-70-63)47-23-9-3-10-24-47)58-35-22-38-64-65(58)71-68(60-37-21-36-59(67(60)73)49-27-13-5-14-28-49)72(64)66-61(50-29-15-6-16-30-50)44-53(48-25-11-4-12-26-48)45-62(66)51-31-17-7-18-32-51/h3-46,73H,1-2H3. The van der Waals surface area contributed by atoms with Crippen molar-refractivity contribution in [1.82, 2.24) is 14.5 Å². The lowest BCUT2D eigenvalue weighted by Gasteiger charge is -2.27. The summed E-state index contributed by atoms with van der Waals surface area (Å²) in [6.07, 6.45) is 1.91. The molecule has 4 heteroatoms. The molecule has 348 valence electrons. The van der Waals surface area contributed by atoms with Gasteiger partial charge in [0.25, 0.3) is 0 Å². The summed E-state index contributed by atoms with van der Waals surface area (Å²) in [6, 6.07) is 91.4. The zero-order valence-corrected chi connectivity index (χ0v) is 40.7. The van der Waals surface area contributed by atoms with Gasteiger partial charge in [-0.2, -0.15) is 0 Å². The summed E-state index contributed by atoms with van der Waals surface area (Å²) in [5.74, 6) is 0.784. The molecule has 10 aromatic carbocycles. The molecule has 0 atom stereocenters. The number of aromatic nitrogens is 3. The number of hydrogen-bond donors (Lipinski definition) is 1. The quantitative estimate of drug-likeness (QED) is 0.141. The molecule has 0 amide bonds. The maximum atomic E-state index is 12.7. The summed E-state index contributed by atoms with van der Waals surface area (Å²) >= 11 is 0. The number of para-hydroxylation sites is 2. The number of rotatable bonds is 11. The number of pyridine rings is 1. The lowest BCUT2D eigenvalue weighted by Crippen LogP contribution is -2.19. The number of hydrogen-bond acceptors (Lipinski definition) is 3. The van der Waals surface area contributed by atoms with Gasteiger partial charge in [0.05, 0.1) is 28.0 Å². The summed E-state index contributed by atoms with van der Waals surface area (Å²) in [6.45, 7) is 4.59. The summed E-state index contributed by atoms with van der Waals surface area (Å²) < 4.78 is 2.30. The zero-order chi connectivity index (χ0) is 49.3. The van der Waals surface area contributed by atoms with Gasteiger partial charge in [-0.3, -0.25) is 9.55 Å². The van der Waals surface area contributed by atoms with Gasteiger partial charge in [-0.1, -0.05) is 226 Å². The van der Waals surface area contributed by atoms with Gasteiger partial charge in [-0.05, 0) is 104 Å².